The van der Waals surface area contributed by atoms with Crippen LogP contribution in [0.4, 0.5) is 0 Å². The van der Waals surface area contributed by atoms with E-state index in [1.807, 2.05) is 24.3 Å². The third kappa shape index (κ3) is 3.85. The van der Waals surface area contributed by atoms with Crippen molar-refractivity contribution in [2.75, 3.05) is 6.61 Å². The Kier molecular flexibility index (Phi) is 4.51. The molecule has 1 atom stereocenters. The SMILES string of the molecule is C=C(C)C(=O)OCCc1ccccc1P. The van der Waals surface area contributed by atoms with E-state index in [2.05, 4.69) is 15.8 Å². The number of esters is 1. The molecular weight excluding hydrogens is 207 g/mol. The van der Waals surface area contributed by atoms with E-state index in [1.165, 1.54) is 5.56 Å². The molecule has 0 aliphatic rings. The van der Waals surface area contributed by atoms with Crippen LogP contribution < -0.4 is 5.30 Å². The van der Waals surface area contributed by atoms with Crippen LogP contribution >= 0.6 is 9.24 Å². The minimum Gasteiger partial charge on any atom is -0.462 e. The molecule has 1 aromatic carbocycles. The topological polar surface area (TPSA) is 26.3 Å². The molecule has 1 aromatic rings. The average molecular weight is 222 g/mol. The molecular formula is C12H15O2P. The summed E-state index contributed by atoms with van der Waals surface area (Å²) in [5.74, 6) is -0.323. The quantitative estimate of drug-likeness (QED) is 0.441. The average Bonchev–Trinajstić information content (AvgIpc) is 2.20. The summed E-state index contributed by atoms with van der Waals surface area (Å²) in [7, 11) is 2.67. The van der Waals surface area contributed by atoms with E-state index >= 15 is 0 Å². The summed E-state index contributed by atoms with van der Waals surface area (Å²) in [5.41, 5.74) is 1.62. The van der Waals surface area contributed by atoms with E-state index in [1.54, 1.807) is 6.92 Å². The summed E-state index contributed by atoms with van der Waals surface area (Å²) in [6.45, 7) is 5.56. The Balaban J connectivity index is 2.42. The van der Waals surface area contributed by atoms with Gasteiger partial charge in [0.05, 0.1) is 6.61 Å². The fourth-order valence-corrected chi connectivity index (χ4v) is 1.49. The lowest BCUT2D eigenvalue weighted by molar-refractivity contribution is -0.138. The molecule has 0 aliphatic carbocycles. The van der Waals surface area contributed by atoms with Gasteiger partial charge in [-0.3, -0.25) is 0 Å². The predicted octanol–water partition coefficient (Wildman–Crippen LogP) is 1.85. The van der Waals surface area contributed by atoms with Crippen LogP contribution in [-0.2, 0) is 16.0 Å². The predicted molar refractivity (Wildman–Crippen MR) is 65.3 cm³/mol. The first-order valence-electron chi connectivity index (χ1n) is 4.77. The second kappa shape index (κ2) is 5.67. The van der Waals surface area contributed by atoms with Crippen LogP contribution in [0.15, 0.2) is 36.4 Å². The number of carbonyl (C=O) groups excluding carboxylic acids is 1. The van der Waals surface area contributed by atoms with Crippen LogP contribution in [0, 0.1) is 0 Å². The van der Waals surface area contributed by atoms with Crippen molar-refractivity contribution in [3.63, 3.8) is 0 Å². The van der Waals surface area contributed by atoms with Gasteiger partial charge in [-0.2, -0.15) is 0 Å². The highest BCUT2D eigenvalue weighted by atomic mass is 31.0. The van der Waals surface area contributed by atoms with Crippen molar-refractivity contribution in [3.8, 4) is 0 Å². The molecule has 0 radical (unpaired) electrons. The third-order valence-electron chi connectivity index (χ3n) is 2.01. The Bertz CT molecular complexity index is 372. The Morgan fingerprint density at radius 2 is 2.13 bits per heavy atom. The van der Waals surface area contributed by atoms with E-state index in [4.69, 9.17) is 4.74 Å². The molecule has 0 bridgehead atoms. The molecule has 0 fully saturated rings. The second-order valence-electron chi connectivity index (χ2n) is 3.37. The minimum atomic E-state index is -0.323. The molecule has 0 heterocycles. The van der Waals surface area contributed by atoms with Crippen molar-refractivity contribution in [1.29, 1.82) is 0 Å². The normalized spacial score (nSPS) is 9.73. The van der Waals surface area contributed by atoms with Gasteiger partial charge in [-0.05, 0) is 17.8 Å². The maximum Gasteiger partial charge on any atom is 0.333 e. The van der Waals surface area contributed by atoms with Crippen molar-refractivity contribution in [2.45, 2.75) is 13.3 Å². The van der Waals surface area contributed by atoms with E-state index in [9.17, 15) is 4.79 Å². The van der Waals surface area contributed by atoms with Gasteiger partial charge in [0.2, 0.25) is 0 Å². The molecule has 80 valence electrons. The van der Waals surface area contributed by atoms with Gasteiger partial charge in [0, 0.05) is 12.0 Å². The number of rotatable bonds is 4. The fraction of sp³-hybridized carbons (Fsp3) is 0.250. The Labute approximate surface area is 92.5 Å². The van der Waals surface area contributed by atoms with Crippen molar-refractivity contribution in [2.24, 2.45) is 0 Å². The Hall–Kier alpha value is -1.14. The summed E-state index contributed by atoms with van der Waals surface area (Å²) in [6, 6.07) is 7.99. The van der Waals surface area contributed by atoms with Crippen LogP contribution in [0.1, 0.15) is 12.5 Å². The maximum atomic E-state index is 11.1. The number of hydrogen-bond donors (Lipinski definition) is 0. The molecule has 0 saturated carbocycles. The fourth-order valence-electron chi connectivity index (χ4n) is 1.14. The molecule has 0 aliphatic heterocycles. The molecule has 15 heavy (non-hydrogen) atoms. The molecule has 0 spiro atoms. The Morgan fingerprint density at radius 3 is 2.73 bits per heavy atom. The third-order valence-corrected chi connectivity index (χ3v) is 2.57. The van der Waals surface area contributed by atoms with E-state index in [0.717, 1.165) is 11.7 Å². The zero-order valence-corrected chi connectivity index (χ0v) is 9.98. The first-order valence-corrected chi connectivity index (χ1v) is 5.35. The van der Waals surface area contributed by atoms with Gasteiger partial charge in [-0.1, -0.05) is 30.8 Å². The van der Waals surface area contributed by atoms with Crippen LogP contribution in [0.5, 0.6) is 0 Å². The van der Waals surface area contributed by atoms with Crippen LogP contribution in [-0.4, -0.2) is 12.6 Å². The van der Waals surface area contributed by atoms with Crippen molar-refractivity contribution in [3.05, 3.63) is 42.0 Å². The highest BCUT2D eigenvalue weighted by Gasteiger charge is 2.03. The van der Waals surface area contributed by atoms with Crippen molar-refractivity contribution < 1.29 is 9.53 Å². The lowest BCUT2D eigenvalue weighted by Gasteiger charge is -2.06. The van der Waals surface area contributed by atoms with Gasteiger partial charge in [-0.15, -0.1) is 9.24 Å². The molecule has 0 amide bonds. The number of hydrogen-bond acceptors (Lipinski definition) is 2. The number of ether oxygens (including phenoxy) is 1. The smallest absolute Gasteiger partial charge is 0.333 e. The van der Waals surface area contributed by atoms with Gasteiger partial charge in [0.25, 0.3) is 0 Å². The van der Waals surface area contributed by atoms with E-state index in [0.29, 0.717) is 12.2 Å². The van der Waals surface area contributed by atoms with E-state index in [-0.39, 0.29) is 5.97 Å². The first kappa shape index (κ1) is 11.9. The molecule has 0 saturated heterocycles. The lowest BCUT2D eigenvalue weighted by Crippen LogP contribution is -2.10. The highest BCUT2D eigenvalue weighted by molar-refractivity contribution is 7.27. The monoisotopic (exact) mass is 222 g/mol. The lowest BCUT2D eigenvalue weighted by atomic mass is 10.2. The molecule has 2 nitrogen and oxygen atoms in total. The summed E-state index contributed by atoms with van der Waals surface area (Å²) < 4.78 is 5.01. The molecule has 1 unspecified atom stereocenters. The highest BCUT2D eigenvalue weighted by Crippen LogP contribution is 2.02. The summed E-state index contributed by atoms with van der Waals surface area (Å²) in [4.78, 5) is 11.1. The number of benzene rings is 1. The van der Waals surface area contributed by atoms with E-state index < -0.39 is 0 Å². The van der Waals surface area contributed by atoms with Gasteiger partial charge < -0.3 is 4.74 Å². The maximum absolute atomic E-state index is 11.1. The van der Waals surface area contributed by atoms with Gasteiger partial charge >= 0.3 is 5.97 Å². The first-order chi connectivity index (χ1) is 7.11. The van der Waals surface area contributed by atoms with Gasteiger partial charge in [0.1, 0.15) is 0 Å². The molecule has 1 rings (SSSR count). The second-order valence-corrected chi connectivity index (χ2v) is 3.99. The largest absolute Gasteiger partial charge is 0.462 e. The number of carbonyl (C=O) groups is 1. The van der Waals surface area contributed by atoms with Crippen LogP contribution in [0.25, 0.3) is 0 Å². The van der Waals surface area contributed by atoms with Crippen LogP contribution in [0.2, 0.25) is 0 Å². The molecule has 0 aromatic heterocycles. The Morgan fingerprint density at radius 1 is 1.47 bits per heavy atom. The summed E-state index contributed by atoms with van der Waals surface area (Å²) in [5, 5.41) is 1.14. The minimum absolute atomic E-state index is 0.323. The zero-order valence-electron chi connectivity index (χ0n) is 8.82. The van der Waals surface area contributed by atoms with Crippen LogP contribution in [0.3, 0.4) is 0 Å². The van der Waals surface area contributed by atoms with Gasteiger partial charge in [-0.25, -0.2) is 4.79 Å². The van der Waals surface area contributed by atoms with Crippen molar-refractivity contribution >= 4 is 20.5 Å². The van der Waals surface area contributed by atoms with Crippen molar-refractivity contribution in [1.82, 2.24) is 0 Å². The van der Waals surface area contributed by atoms with Gasteiger partial charge in [0.15, 0.2) is 0 Å². The standard InChI is InChI=1S/C12H15O2P/c1-9(2)12(13)14-8-7-10-5-3-4-6-11(10)15/h3-6H,1,7-8,15H2,2H3. The molecule has 3 heteroatoms. The molecule has 0 N–H and O–H groups in total. The zero-order chi connectivity index (χ0) is 11.3. The summed E-state index contributed by atoms with van der Waals surface area (Å²) in [6.07, 6.45) is 0.735. The summed E-state index contributed by atoms with van der Waals surface area (Å²) >= 11 is 0.